The van der Waals surface area contributed by atoms with Crippen LogP contribution in [0.2, 0.25) is 0 Å². The highest BCUT2D eigenvalue weighted by Gasteiger charge is 2.28. The van der Waals surface area contributed by atoms with Crippen molar-refractivity contribution < 1.29 is 9.53 Å². The second-order valence-electron chi connectivity index (χ2n) is 4.95. The van der Waals surface area contributed by atoms with Gasteiger partial charge >= 0.3 is 0 Å². The molecular weight excluding hydrogens is 204 g/mol. The first-order valence-electron chi connectivity index (χ1n) is 6.29. The Kier molecular flexibility index (Phi) is 4.18. The number of ether oxygens (including phenoxy) is 1. The van der Waals surface area contributed by atoms with Gasteiger partial charge in [-0.25, -0.2) is 0 Å². The average Bonchev–Trinajstić information content (AvgIpc) is 2.89. The minimum absolute atomic E-state index is 0.318. The fraction of sp³-hybridized carbons (Fsp3) is 0.917. The summed E-state index contributed by atoms with van der Waals surface area (Å²) in [7, 11) is 1.73. The monoisotopic (exact) mass is 226 g/mol. The SMILES string of the molecule is COCC1CCN(C(=O)CC2CCCN2)C1. The summed E-state index contributed by atoms with van der Waals surface area (Å²) < 4.78 is 5.14. The van der Waals surface area contributed by atoms with E-state index < -0.39 is 0 Å². The molecule has 0 aromatic rings. The van der Waals surface area contributed by atoms with Crippen LogP contribution < -0.4 is 5.32 Å². The lowest BCUT2D eigenvalue weighted by Gasteiger charge is -2.18. The number of methoxy groups -OCH3 is 1. The van der Waals surface area contributed by atoms with Gasteiger partial charge in [-0.05, 0) is 25.8 Å². The summed E-state index contributed by atoms with van der Waals surface area (Å²) in [5.41, 5.74) is 0. The lowest BCUT2D eigenvalue weighted by molar-refractivity contribution is -0.130. The van der Waals surface area contributed by atoms with Gasteiger partial charge in [0.25, 0.3) is 0 Å². The van der Waals surface area contributed by atoms with Crippen LogP contribution in [-0.4, -0.2) is 50.2 Å². The molecule has 4 heteroatoms. The van der Waals surface area contributed by atoms with E-state index in [0.29, 0.717) is 24.3 Å². The molecule has 2 atom stereocenters. The molecule has 2 fully saturated rings. The number of amides is 1. The van der Waals surface area contributed by atoms with Crippen LogP contribution in [0.3, 0.4) is 0 Å². The Hall–Kier alpha value is -0.610. The molecule has 0 aliphatic carbocycles. The van der Waals surface area contributed by atoms with Crippen molar-refractivity contribution in [1.82, 2.24) is 10.2 Å². The van der Waals surface area contributed by atoms with Crippen LogP contribution >= 0.6 is 0 Å². The smallest absolute Gasteiger partial charge is 0.224 e. The van der Waals surface area contributed by atoms with E-state index in [1.165, 1.54) is 6.42 Å². The van der Waals surface area contributed by atoms with E-state index in [0.717, 1.165) is 39.1 Å². The van der Waals surface area contributed by atoms with Gasteiger partial charge < -0.3 is 15.0 Å². The molecule has 2 heterocycles. The summed E-state index contributed by atoms with van der Waals surface area (Å²) >= 11 is 0. The van der Waals surface area contributed by atoms with Crippen LogP contribution in [0.25, 0.3) is 0 Å². The van der Waals surface area contributed by atoms with Crippen LogP contribution in [0.15, 0.2) is 0 Å². The minimum Gasteiger partial charge on any atom is -0.384 e. The molecule has 4 nitrogen and oxygen atoms in total. The normalized spacial score (nSPS) is 29.9. The zero-order valence-corrected chi connectivity index (χ0v) is 10.1. The second kappa shape index (κ2) is 5.64. The molecule has 0 aromatic carbocycles. The second-order valence-corrected chi connectivity index (χ2v) is 4.95. The predicted octanol–water partition coefficient (Wildman–Crippen LogP) is 0.623. The molecule has 2 saturated heterocycles. The Labute approximate surface area is 97.3 Å². The molecule has 0 bridgehead atoms. The van der Waals surface area contributed by atoms with E-state index in [1.807, 2.05) is 4.90 Å². The quantitative estimate of drug-likeness (QED) is 0.764. The van der Waals surface area contributed by atoms with Gasteiger partial charge in [0, 0.05) is 38.6 Å². The highest BCUT2D eigenvalue weighted by atomic mass is 16.5. The van der Waals surface area contributed by atoms with Crippen molar-refractivity contribution in [2.75, 3.05) is 33.4 Å². The van der Waals surface area contributed by atoms with E-state index in [4.69, 9.17) is 4.74 Å². The van der Waals surface area contributed by atoms with Gasteiger partial charge in [-0.1, -0.05) is 0 Å². The van der Waals surface area contributed by atoms with Gasteiger partial charge in [-0.15, -0.1) is 0 Å². The van der Waals surface area contributed by atoms with E-state index in [2.05, 4.69) is 5.32 Å². The van der Waals surface area contributed by atoms with Gasteiger partial charge in [0.1, 0.15) is 0 Å². The number of hydrogen-bond acceptors (Lipinski definition) is 3. The third-order valence-corrected chi connectivity index (χ3v) is 3.62. The molecule has 92 valence electrons. The molecule has 1 amide bonds. The molecule has 16 heavy (non-hydrogen) atoms. The molecule has 0 saturated carbocycles. The molecule has 2 aliphatic heterocycles. The average molecular weight is 226 g/mol. The Balaban J connectivity index is 1.73. The Morgan fingerprint density at radius 1 is 1.50 bits per heavy atom. The van der Waals surface area contributed by atoms with Gasteiger partial charge in [0.2, 0.25) is 5.91 Å². The van der Waals surface area contributed by atoms with Crippen molar-refractivity contribution in [3.8, 4) is 0 Å². The van der Waals surface area contributed by atoms with Crippen LogP contribution in [0, 0.1) is 5.92 Å². The Morgan fingerprint density at radius 2 is 2.38 bits per heavy atom. The summed E-state index contributed by atoms with van der Waals surface area (Å²) in [6, 6.07) is 0.425. The van der Waals surface area contributed by atoms with E-state index >= 15 is 0 Å². The number of rotatable bonds is 4. The van der Waals surface area contributed by atoms with Gasteiger partial charge in [-0.2, -0.15) is 0 Å². The summed E-state index contributed by atoms with van der Waals surface area (Å²) in [5.74, 6) is 0.864. The molecule has 0 spiro atoms. The van der Waals surface area contributed by atoms with Gasteiger partial charge in [-0.3, -0.25) is 4.79 Å². The number of carbonyl (C=O) groups excluding carboxylic acids is 1. The summed E-state index contributed by atoms with van der Waals surface area (Å²) in [6.07, 6.45) is 4.14. The number of likely N-dealkylation sites (tertiary alicyclic amines) is 1. The Bertz CT molecular complexity index is 239. The third-order valence-electron chi connectivity index (χ3n) is 3.62. The first-order valence-corrected chi connectivity index (χ1v) is 6.29. The highest BCUT2D eigenvalue weighted by molar-refractivity contribution is 5.77. The fourth-order valence-electron chi connectivity index (χ4n) is 2.70. The molecule has 0 aromatic heterocycles. The van der Waals surface area contributed by atoms with Crippen LogP contribution in [0.4, 0.5) is 0 Å². The topological polar surface area (TPSA) is 41.6 Å². The molecule has 2 unspecified atom stereocenters. The summed E-state index contributed by atoms with van der Waals surface area (Å²) in [6.45, 7) is 3.66. The van der Waals surface area contributed by atoms with E-state index in [9.17, 15) is 4.79 Å². The first kappa shape index (κ1) is 11.9. The molecule has 0 radical (unpaired) electrons. The summed E-state index contributed by atoms with van der Waals surface area (Å²) in [4.78, 5) is 14.0. The molecule has 2 aliphatic rings. The van der Waals surface area contributed by atoms with Crippen molar-refractivity contribution in [3.05, 3.63) is 0 Å². The van der Waals surface area contributed by atoms with Crippen molar-refractivity contribution in [3.63, 3.8) is 0 Å². The van der Waals surface area contributed by atoms with Crippen LogP contribution in [0.5, 0.6) is 0 Å². The van der Waals surface area contributed by atoms with Gasteiger partial charge in [0.15, 0.2) is 0 Å². The largest absolute Gasteiger partial charge is 0.384 e. The number of nitrogens with one attached hydrogen (secondary N) is 1. The maximum absolute atomic E-state index is 12.0. The zero-order valence-electron chi connectivity index (χ0n) is 10.1. The van der Waals surface area contributed by atoms with E-state index in [1.54, 1.807) is 7.11 Å². The molecule has 2 rings (SSSR count). The molecule has 1 N–H and O–H groups in total. The number of hydrogen-bond donors (Lipinski definition) is 1. The van der Waals surface area contributed by atoms with Crippen molar-refractivity contribution >= 4 is 5.91 Å². The summed E-state index contributed by atoms with van der Waals surface area (Å²) in [5, 5.41) is 3.38. The fourth-order valence-corrected chi connectivity index (χ4v) is 2.70. The highest BCUT2D eigenvalue weighted by Crippen LogP contribution is 2.19. The zero-order chi connectivity index (χ0) is 11.4. The third kappa shape index (κ3) is 2.95. The van der Waals surface area contributed by atoms with Crippen LogP contribution in [-0.2, 0) is 9.53 Å². The van der Waals surface area contributed by atoms with Crippen molar-refractivity contribution in [1.29, 1.82) is 0 Å². The lowest BCUT2D eigenvalue weighted by Crippen LogP contribution is -2.34. The van der Waals surface area contributed by atoms with Crippen LogP contribution in [0.1, 0.15) is 25.7 Å². The maximum atomic E-state index is 12.0. The van der Waals surface area contributed by atoms with Crippen molar-refractivity contribution in [2.45, 2.75) is 31.7 Å². The van der Waals surface area contributed by atoms with Crippen molar-refractivity contribution in [2.24, 2.45) is 5.92 Å². The standard InChI is InChI=1S/C12H22N2O2/c1-16-9-10-4-6-14(8-10)12(15)7-11-3-2-5-13-11/h10-11,13H,2-9H2,1H3. The Morgan fingerprint density at radius 3 is 3.06 bits per heavy atom. The lowest BCUT2D eigenvalue weighted by atomic mass is 10.1. The predicted molar refractivity (Wildman–Crippen MR) is 62.2 cm³/mol. The maximum Gasteiger partial charge on any atom is 0.224 e. The number of carbonyl (C=O) groups is 1. The van der Waals surface area contributed by atoms with E-state index in [-0.39, 0.29) is 0 Å². The number of nitrogens with zero attached hydrogens (tertiary/aromatic N) is 1. The minimum atomic E-state index is 0.318. The first-order chi connectivity index (χ1) is 7.79. The molecular formula is C12H22N2O2. The van der Waals surface area contributed by atoms with Gasteiger partial charge in [0.05, 0.1) is 6.61 Å².